The van der Waals surface area contributed by atoms with Gasteiger partial charge in [-0.15, -0.1) is 11.3 Å². The van der Waals surface area contributed by atoms with Gasteiger partial charge >= 0.3 is 0 Å². The maximum atomic E-state index is 5.71. The largest absolute Gasteiger partial charge is 0.492 e. The number of thiophene rings is 1. The average molecular weight is 276 g/mol. The Morgan fingerprint density at radius 2 is 2.00 bits per heavy atom. The zero-order valence-corrected chi connectivity index (χ0v) is 12.2. The summed E-state index contributed by atoms with van der Waals surface area (Å²) >= 11 is 1.79. The highest BCUT2D eigenvalue weighted by Gasteiger charge is 2.12. The van der Waals surface area contributed by atoms with E-state index in [1.54, 1.807) is 11.3 Å². The lowest BCUT2D eigenvalue weighted by atomic mass is 10.2. The first kappa shape index (κ1) is 13.9. The lowest BCUT2D eigenvalue weighted by Gasteiger charge is -2.23. The molecule has 0 amide bonds. The van der Waals surface area contributed by atoms with Crippen LogP contribution in [0.1, 0.15) is 17.8 Å². The van der Waals surface area contributed by atoms with E-state index in [2.05, 4.69) is 36.4 Å². The van der Waals surface area contributed by atoms with Gasteiger partial charge < -0.3 is 10.5 Å². The first-order chi connectivity index (χ1) is 9.16. The molecular weight excluding hydrogens is 256 g/mol. The van der Waals surface area contributed by atoms with Crippen LogP contribution in [0.3, 0.4) is 0 Å². The van der Waals surface area contributed by atoms with E-state index in [0.717, 1.165) is 18.0 Å². The zero-order valence-electron chi connectivity index (χ0n) is 11.4. The van der Waals surface area contributed by atoms with Crippen LogP contribution in [0.25, 0.3) is 0 Å². The van der Waals surface area contributed by atoms with Crippen LogP contribution in [0.2, 0.25) is 0 Å². The Morgan fingerprint density at radius 3 is 2.63 bits per heavy atom. The molecule has 3 nitrogen and oxygen atoms in total. The number of nitrogens with two attached hydrogens (primary N) is 1. The normalized spacial score (nSPS) is 12.6. The predicted molar refractivity (Wildman–Crippen MR) is 81.7 cm³/mol. The molecule has 1 atom stereocenters. The van der Waals surface area contributed by atoms with E-state index >= 15 is 0 Å². The number of rotatable bonds is 6. The van der Waals surface area contributed by atoms with E-state index in [4.69, 9.17) is 10.5 Å². The lowest BCUT2D eigenvalue weighted by Crippen LogP contribution is -2.26. The Hall–Kier alpha value is -1.52. The summed E-state index contributed by atoms with van der Waals surface area (Å²) in [5.74, 6) is 0.867. The SMILES string of the molecule is CC(c1cccs1)N(C)CCOc1ccc(N)cc1. The second kappa shape index (κ2) is 6.59. The van der Waals surface area contributed by atoms with Crippen molar-refractivity contribution < 1.29 is 4.74 Å². The standard InChI is InChI=1S/C15H20N2OS/c1-12(15-4-3-11-19-15)17(2)9-10-18-14-7-5-13(16)6-8-14/h3-8,11-12H,9-10,16H2,1-2H3. The number of likely N-dealkylation sites (N-methyl/N-ethyl adjacent to an activating group) is 1. The predicted octanol–water partition coefficient (Wildman–Crippen LogP) is 3.40. The smallest absolute Gasteiger partial charge is 0.119 e. The molecule has 1 aromatic heterocycles. The van der Waals surface area contributed by atoms with E-state index in [9.17, 15) is 0 Å². The van der Waals surface area contributed by atoms with Crippen molar-refractivity contribution in [1.82, 2.24) is 4.90 Å². The van der Waals surface area contributed by atoms with Crippen LogP contribution < -0.4 is 10.5 Å². The van der Waals surface area contributed by atoms with Crippen LogP contribution in [0, 0.1) is 0 Å². The van der Waals surface area contributed by atoms with Gasteiger partial charge in [-0.2, -0.15) is 0 Å². The molecule has 1 heterocycles. The molecule has 0 fully saturated rings. The van der Waals surface area contributed by atoms with Gasteiger partial charge in [-0.25, -0.2) is 0 Å². The number of benzene rings is 1. The van der Waals surface area contributed by atoms with Gasteiger partial charge in [-0.3, -0.25) is 4.90 Å². The summed E-state index contributed by atoms with van der Waals surface area (Å²) in [6, 6.07) is 12.2. The number of nitrogens with zero attached hydrogens (tertiary/aromatic N) is 1. The Morgan fingerprint density at radius 1 is 1.26 bits per heavy atom. The summed E-state index contributed by atoms with van der Waals surface area (Å²) in [7, 11) is 2.12. The van der Waals surface area contributed by atoms with Gasteiger partial charge in [0.05, 0.1) is 0 Å². The molecule has 0 saturated carbocycles. The Labute approximate surface area is 118 Å². The molecule has 2 N–H and O–H groups in total. The van der Waals surface area contributed by atoms with E-state index in [-0.39, 0.29) is 0 Å². The fraction of sp³-hybridized carbons (Fsp3) is 0.333. The van der Waals surface area contributed by atoms with Gasteiger partial charge in [0.25, 0.3) is 0 Å². The molecule has 1 aromatic carbocycles. The van der Waals surface area contributed by atoms with Crippen LogP contribution in [0.15, 0.2) is 41.8 Å². The molecular formula is C15H20N2OS. The van der Waals surface area contributed by atoms with Gasteiger partial charge in [-0.1, -0.05) is 6.07 Å². The van der Waals surface area contributed by atoms with Crippen LogP contribution in [0.4, 0.5) is 5.69 Å². The summed E-state index contributed by atoms with van der Waals surface area (Å²) in [6.07, 6.45) is 0. The maximum Gasteiger partial charge on any atom is 0.119 e. The molecule has 102 valence electrons. The third-order valence-electron chi connectivity index (χ3n) is 3.21. The number of hydrogen-bond acceptors (Lipinski definition) is 4. The van der Waals surface area contributed by atoms with Gasteiger partial charge in [0, 0.05) is 23.2 Å². The molecule has 4 heteroatoms. The van der Waals surface area contributed by atoms with Crippen molar-refractivity contribution in [3.8, 4) is 5.75 Å². The monoisotopic (exact) mass is 276 g/mol. The molecule has 2 aromatic rings. The molecule has 1 unspecified atom stereocenters. The Balaban J connectivity index is 1.77. The summed E-state index contributed by atoms with van der Waals surface area (Å²) in [5, 5.41) is 2.12. The van der Waals surface area contributed by atoms with E-state index < -0.39 is 0 Å². The fourth-order valence-corrected chi connectivity index (χ4v) is 2.66. The molecule has 19 heavy (non-hydrogen) atoms. The molecule has 0 spiro atoms. The molecule has 0 bridgehead atoms. The van der Waals surface area contributed by atoms with E-state index in [1.807, 2.05) is 24.3 Å². The number of hydrogen-bond donors (Lipinski definition) is 1. The van der Waals surface area contributed by atoms with Crippen molar-refractivity contribution in [2.75, 3.05) is 25.9 Å². The lowest BCUT2D eigenvalue weighted by molar-refractivity contribution is 0.203. The highest BCUT2D eigenvalue weighted by molar-refractivity contribution is 7.10. The number of nitrogen functional groups attached to an aromatic ring is 1. The van der Waals surface area contributed by atoms with Crippen molar-refractivity contribution in [1.29, 1.82) is 0 Å². The topological polar surface area (TPSA) is 38.5 Å². The van der Waals surface area contributed by atoms with Crippen LogP contribution in [-0.4, -0.2) is 25.1 Å². The molecule has 0 saturated heterocycles. The fourth-order valence-electron chi connectivity index (χ4n) is 1.81. The molecule has 0 radical (unpaired) electrons. The van der Waals surface area contributed by atoms with Crippen LogP contribution in [0.5, 0.6) is 5.75 Å². The van der Waals surface area contributed by atoms with Crippen LogP contribution in [-0.2, 0) is 0 Å². The zero-order chi connectivity index (χ0) is 13.7. The highest BCUT2D eigenvalue weighted by Crippen LogP contribution is 2.23. The van der Waals surface area contributed by atoms with Gasteiger partial charge in [-0.05, 0) is 49.7 Å². The van der Waals surface area contributed by atoms with E-state index in [1.165, 1.54) is 4.88 Å². The second-order valence-corrected chi connectivity index (χ2v) is 5.57. The van der Waals surface area contributed by atoms with Crippen molar-refractivity contribution in [3.05, 3.63) is 46.7 Å². The minimum absolute atomic E-state index is 0.426. The first-order valence-corrected chi connectivity index (χ1v) is 7.27. The second-order valence-electron chi connectivity index (χ2n) is 4.59. The molecule has 0 aliphatic heterocycles. The van der Waals surface area contributed by atoms with Crippen molar-refractivity contribution in [3.63, 3.8) is 0 Å². The molecule has 0 aliphatic rings. The maximum absolute atomic E-state index is 5.71. The van der Waals surface area contributed by atoms with Crippen LogP contribution >= 0.6 is 11.3 Å². The first-order valence-electron chi connectivity index (χ1n) is 6.39. The van der Waals surface area contributed by atoms with Gasteiger partial charge in [0.1, 0.15) is 12.4 Å². The summed E-state index contributed by atoms with van der Waals surface area (Å²) in [6.45, 7) is 3.79. The van der Waals surface area contributed by atoms with Crippen molar-refractivity contribution in [2.45, 2.75) is 13.0 Å². The average Bonchev–Trinajstić information content (AvgIpc) is 2.94. The summed E-state index contributed by atoms with van der Waals surface area (Å²) in [4.78, 5) is 3.68. The highest BCUT2D eigenvalue weighted by atomic mass is 32.1. The minimum atomic E-state index is 0.426. The van der Waals surface area contributed by atoms with E-state index in [0.29, 0.717) is 12.6 Å². The quantitative estimate of drug-likeness (QED) is 0.822. The van der Waals surface area contributed by atoms with Crippen molar-refractivity contribution >= 4 is 17.0 Å². The third-order valence-corrected chi connectivity index (χ3v) is 4.25. The van der Waals surface area contributed by atoms with Crippen molar-refractivity contribution in [2.24, 2.45) is 0 Å². The molecule has 0 aliphatic carbocycles. The summed E-state index contributed by atoms with van der Waals surface area (Å²) in [5.41, 5.74) is 6.39. The minimum Gasteiger partial charge on any atom is -0.492 e. The number of ether oxygens (including phenoxy) is 1. The van der Waals surface area contributed by atoms with Gasteiger partial charge in [0.2, 0.25) is 0 Å². The Kier molecular flexibility index (Phi) is 4.82. The molecule has 2 rings (SSSR count). The Bertz CT molecular complexity index is 481. The summed E-state index contributed by atoms with van der Waals surface area (Å²) < 4.78 is 5.71. The third kappa shape index (κ3) is 3.98. The van der Waals surface area contributed by atoms with Gasteiger partial charge in [0.15, 0.2) is 0 Å². The number of anilines is 1.